The van der Waals surface area contributed by atoms with E-state index in [1.165, 1.54) is 0 Å². The van der Waals surface area contributed by atoms with Gasteiger partial charge in [-0.25, -0.2) is 9.97 Å². The summed E-state index contributed by atoms with van der Waals surface area (Å²) in [6.45, 7) is 8.12. The Kier molecular flexibility index (Phi) is 8.33. The van der Waals surface area contributed by atoms with E-state index in [0.29, 0.717) is 50.5 Å². The zero-order valence-corrected chi connectivity index (χ0v) is 15.4. The Hall–Kier alpha value is -1.48. The minimum Gasteiger partial charge on any atom is -0.472 e. The Morgan fingerprint density at radius 3 is 2.80 bits per heavy atom. The van der Waals surface area contributed by atoms with Gasteiger partial charge in [-0.05, 0) is 0 Å². The Balaban J connectivity index is 2.03. The third-order valence-electron chi connectivity index (χ3n) is 3.82. The van der Waals surface area contributed by atoms with Crippen LogP contribution < -0.4 is 15.0 Å². The summed E-state index contributed by atoms with van der Waals surface area (Å²) >= 11 is 0. The molecule has 1 unspecified atom stereocenters. The third-order valence-corrected chi connectivity index (χ3v) is 3.82. The van der Waals surface area contributed by atoms with Crippen LogP contribution in [0.15, 0.2) is 6.20 Å². The largest absolute Gasteiger partial charge is 0.472 e. The second-order valence-electron chi connectivity index (χ2n) is 6.36. The molecule has 8 nitrogen and oxygen atoms in total. The lowest BCUT2D eigenvalue weighted by molar-refractivity contribution is 0.101. The van der Waals surface area contributed by atoms with E-state index >= 15 is 0 Å². The molecule has 2 N–H and O–H groups in total. The van der Waals surface area contributed by atoms with Crippen LogP contribution >= 0.6 is 0 Å². The van der Waals surface area contributed by atoms with Gasteiger partial charge in [0.05, 0.1) is 31.7 Å². The van der Waals surface area contributed by atoms with Crippen molar-refractivity contribution in [3.05, 3.63) is 11.9 Å². The Bertz CT molecular complexity index is 509. The highest BCUT2D eigenvalue weighted by Crippen LogP contribution is 2.25. The number of aromatic nitrogens is 2. The Morgan fingerprint density at radius 2 is 2.12 bits per heavy atom. The second kappa shape index (κ2) is 10.5. The van der Waals surface area contributed by atoms with E-state index in [9.17, 15) is 5.11 Å². The van der Waals surface area contributed by atoms with E-state index in [1.807, 2.05) is 13.8 Å². The summed E-state index contributed by atoms with van der Waals surface area (Å²) in [5.74, 6) is 1.16. The zero-order chi connectivity index (χ0) is 18.1. The molecular weight excluding hydrogens is 324 g/mol. The lowest BCUT2D eigenvalue weighted by atomic mass is 10.3. The van der Waals surface area contributed by atoms with Crippen molar-refractivity contribution in [2.75, 3.05) is 58.1 Å². The summed E-state index contributed by atoms with van der Waals surface area (Å²) in [4.78, 5) is 11.2. The van der Waals surface area contributed by atoms with E-state index < -0.39 is 6.10 Å². The van der Waals surface area contributed by atoms with Gasteiger partial charge in [-0.1, -0.05) is 13.8 Å². The summed E-state index contributed by atoms with van der Waals surface area (Å²) < 4.78 is 16.3. The predicted octanol–water partition coefficient (Wildman–Crippen LogP) is 0.240. The second-order valence-corrected chi connectivity index (χ2v) is 6.36. The normalized spacial score (nSPS) is 16.3. The van der Waals surface area contributed by atoms with Crippen LogP contribution in [-0.2, 0) is 15.9 Å². The van der Waals surface area contributed by atoms with Gasteiger partial charge in [0.25, 0.3) is 5.88 Å². The van der Waals surface area contributed by atoms with Gasteiger partial charge in [0, 0.05) is 39.2 Å². The number of hydrogen-bond acceptors (Lipinski definition) is 8. The van der Waals surface area contributed by atoms with Gasteiger partial charge in [-0.15, -0.1) is 0 Å². The van der Waals surface area contributed by atoms with Crippen molar-refractivity contribution in [2.24, 2.45) is 0 Å². The average Bonchev–Trinajstić information content (AvgIpc) is 2.64. The number of ether oxygens (including phenoxy) is 3. The van der Waals surface area contributed by atoms with Gasteiger partial charge >= 0.3 is 0 Å². The molecule has 0 spiro atoms. The molecule has 142 valence electrons. The molecule has 1 aliphatic heterocycles. The Labute approximate surface area is 149 Å². The number of anilines is 1. The first-order valence-electron chi connectivity index (χ1n) is 8.82. The van der Waals surface area contributed by atoms with E-state index in [4.69, 9.17) is 19.2 Å². The quantitative estimate of drug-likeness (QED) is 0.618. The van der Waals surface area contributed by atoms with Gasteiger partial charge in [-0.2, -0.15) is 0 Å². The minimum absolute atomic E-state index is 0.170. The van der Waals surface area contributed by atoms with Crippen LogP contribution in [0, 0.1) is 0 Å². The smallest absolute Gasteiger partial charge is 0.257 e. The van der Waals surface area contributed by atoms with Crippen LogP contribution in [0.2, 0.25) is 0 Å². The predicted molar refractivity (Wildman–Crippen MR) is 95.3 cm³/mol. The van der Waals surface area contributed by atoms with E-state index in [-0.39, 0.29) is 6.61 Å². The molecule has 1 aromatic rings. The lowest BCUT2D eigenvalue weighted by Gasteiger charge is -2.29. The van der Waals surface area contributed by atoms with Crippen molar-refractivity contribution in [2.45, 2.75) is 32.4 Å². The first-order chi connectivity index (χ1) is 12.1. The van der Waals surface area contributed by atoms with Crippen molar-refractivity contribution in [3.63, 3.8) is 0 Å². The summed E-state index contributed by atoms with van der Waals surface area (Å²) in [5.41, 5.74) is 0.859. The molecule has 2 heterocycles. The monoisotopic (exact) mass is 354 g/mol. The minimum atomic E-state index is -0.602. The van der Waals surface area contributed by atoms with Crippen LogP contribution in [0.25, 0.3) is 0 Å². The van der Waals surface area contributed by atoms with Crippen LogP contribution in [0.4, 0.5) is 5.82 Å². The van der Waals surface area contributed by atoms with Crippen LogP contribution in [-0.4, -0.2) is 80.4 Å². The molecule has 0 aliphatic carbocycles. The highest BCUT2D eigenvalue weighted by Gasteiger charge is 2.20. The fraction of sp³-hybridized carbons (Fsp3) is 0.765. The molecule has 0 amide bonds. The fourth-order valence-corrected chi connectivity index (χ4v) is 2.42. The molecule has 0 bridgehead atoms. The van der Waals surface area contributed by atoms with Crippen LogP contribution in [0.3, 0.4) is 0 Å². The molecule has 2 rings (SSSR count). The highest BCUT2D eigenvalue weighted by atomic mass is 16.5. The molecule has 1 aliphatic rings. The standard InChI is InChI=1S/C17H30N4O4/c1-13(2)18-11-15(22)12-25-17-16(21-5-8-24-9-6-21)20-14(10-19-17)4-7-23-3/h10,13,15,18,22H,4-9,11-12H2,1-3H3. The fourth-order valence-electron chi connectivity index (χ4n) is 2.42. The van der Waals surface area contributed by atoms with Gasteiger partial charge < -0.3 is 29.5 Å². The number of methoxy groups -OCH3 is 1. The van der Waals surface area contributed by atoms with Crippen molar-refractivity contribution in [3.8, 4) is 5.88 Å². The molecule has 0 saturated carbocycles. The maximum atomic E-state index is 10.0. The SMILES string of the molecule is COCCc1cnc(OCC(O)CNC(C)C)c(N2CCOCC2)n1. The maximum Gasteiger partial charge on any atom is 0.257 e. The molecule has 1 atom stereocenters. The molecule has 8 heteroatoms. The number of hydrogen-bond donors (Lipinski definition) is 2. The van der Waals surface area contributed by atoms with E-state index in [0.717, 1.165) is 18.8 Å². The number of aliphatic hydroxyl groups is 1. The Morgan fingerprint density at radius 1 is 1.36 bits per heavy atom. The molecule has 0 radical (unpaired) electrons. The van der Waals surface area contributed by atoms with Gasteiger partial charge in [0.1, 0.15) is 12.7 Å². The number of morpholine rings is 1. The van der Waals surface area contributed by atoms with Crippen molar-refractivity contribution in [1.82, 2.24) is 15.3 Å². The van der Waals surface area contributed by atoms with E-state index in [1.54, 1.807) is 13.3 Å². The van der Waals surface area contributed by atoms with Crippen molar-refractivity contribution >= 4 is 5.82 Å². The molecular formula is C17H30N4O4. The number of aliphatic hydroxyl groups excluding tert-OH is 1. The van der Waals surface area contributed by atoms with Gasteiger partial charge in [0.15, 0.2) is 5.82 Å². The van der Waals surface area contributed by atoms with Crippen LogP contribution in [0.1, 0.15) is 19.5 Å². The first-order valence-corrected chi connectivity index (χ1v) is 8.82. The average molecular weight is 354 g/mol. The van der Waals surface area contributed by atoms with E-state index in [2.05, 4.69) is 15.2 Å². The maximum absolute atomic E-state index is 10.0. The topological polar surface area (TPSA) is 89.0 Å². The lowest BCUT2D eigenvalue weighted by Crippen LogP contribution is -2.38. The first kappa shape index (κ1) is 19.8. The van der Waals surface area contributed by atoms with Gasteiger partial charge in [0.2, 0.25) is 0 Å². The van der Waals surface area contributed by atoms with Crippen molar-refractivity contribution in [1.29, 1.82) is 0 Å². The number of nitrogens with one attached hydrogen (secondary N) is 1. The summed E-state index contributed by atoms with van der Waals surface area (Å²) in [6.07, 6.45) is 1.80. The molecule has 25 heavy (non-hydrogen) atoms. The molecule has 1 saturated heterocycles. The third kappa shape index (κ3) is 6.74. The van der Waals surface area contributed by atoms with Crippen molar-refractivity contribution < 1.29 is 19.3 Å². The van der Waals surface area contributed by atoms with Crippen LogP contribution in [0.5, 0.6) is 5.88 Å². The molecule has 1 fully saturated rings. The summed E-state index contributed by atoms with van der Waals surface area (Å²) in [7, 11) is 1.67. The number of rotatable bonds is 10. The molecule has 0 aromatic carbocycles. The number of nitrogens with zero attached hydrogens (tertiary/aromatic N) is 3. The molecule has 1 aromatic heterocycles. The summed E-state index contributed by atoms with van der Waals surface area (Å²) in [6, 6.07) is 0.318. The highest BCUT2D eigenvalue weighted by molar-refractivity contribution is 5.49. The zero-order valence-electron chi connectivity index (χ0n) is 15.4. The van der Waals surface area contributed by atoms with Gasteiger partial charge in [-0.3, -0.25) is 0 Å². The summed E-state index contributed by atoms with van der Waals surface area (Å²) in [5, 5.41) is 13.2.